The van der Waals surface area contributed by atoms with E-state index in [2.05, 4.69) is 0 Å². The number of hydrogen-bond donors (Lipinski definition) is 1. The molecule has 3 unspecified atom stereocenters. The van der Waals surface area contributed by atoms with Gasteiger partial charge in [0.1, 0.15) is 0 Å². The van der Waals surface area contributed by atoms with Crippen LogP contribution in [0.4, 0.5) is 0 Å². The lowest BCUT2D eigenvalue weighted by atomic mass is 9.89. The summed E-state index contributed by atoms with van der Waals surface area (Å²) in [7, 11) is 0. The largest absolute Gasteiger partial charge is 0.481 e. The van der Waals surface area contributed by atoms with Crippen LogP contribution in [0.5, 0.6) is 0 Å². The van der Waals surface area contributed by atoms with Crippen molar-refractivity contribution in [3.05, 3.63) is 41.5 Å². The zero-order chi connectivity index (χ0) is 15.0. The Morgan fingerprint density at radius 2 is 2.14 bits per heavy atom. The molecule has 3 atom stereocenters. The quantitative estimate of drug-likeness (QED) is 0.868. The van der Waals surface area contributed by atoms with E-state index in [1.54, 1.807) is 11.0 Å². The normalized spacial score (nSPS) is 27.5. The molecule has 1 amide bonds. The Bertz CT molecular complexity index is 608. The lowest BCUT2D eigenvalue weighted by Crippen LogP contribution is -2.36. The van der Waals surface area contributed by atoms with E-state index < -0.39 is 5.97 Å². The van der Waals surface area contributed by atoms with Crippen LogP contribution >= 0.6 is 0 Å². The fourth-order valence-corrected chi connectivity index (χ4v) is 3.62. The highest BCUT2D eigenvalue weighted by molar-refractivity contribution is 5.93. The first-order valence-corrected chi connectivity index (χ1v) is 7.36. The van der Waals surface area contributed by atoms with Gasteiger partial charge in [-0.3, -0.25) is 9.59 Å². The highest BCUT2D eigenvalue weighted by Crippen LogP contribution is 2.41. The highest BCUT2D eigenvalue weighted by Gasteiger charge is 2.50. The van der Waals surface area contributed by atoms with E-state index in [0.29, 0.717) is 6.42 Å². The first-order valence-electron chi connectivity index (χ1n) is 7.36. The second-order valence-electron chi connectivity index (χ2n) is 5.97. The number of carboxylic acids is 1. The van der Waals surface area contributed by atoms with E-state index in [9.17, 15) is 14.7 Å². The SMILES string of the molecule is Cc1cccc(C=CC(=O)N2C3CCC2C(C(=O)O)C3)c1. The van der Waals surface area contributed by atoms with Crippen LogP contribution in [-0.4, -0.2) is 34.0 Å². The Labute approximate surface area is 124 Å². The summed E-state index contributed by atoms with van der Waals surface area (Å²) in [4.78, 5) is 25.4. The molecule has 4 nitrogen and oxygen atoms in total. The molecule has 2 saturated heterocycles. The maximum atomic E-state index is 12.4. The van der Waals surface area contributed by atoms with Gasteiger partial charge in [0.15, 0.2) is 0 Å². The van der Waals surface area contributed by atoms with Crippen molar-refractivity contribution in [2.45, 2.75) is 38.3 Å². The molecular formula is C17H19NO3. The molecular weight excluding hydrogens is 266 g/mol. The maximum Gasteiger partial charge on any atom is 0.308 e. The number of amides is 1. The van der Waals surface area contributed by atoms with Crippen LogP contribution in [0, 0.1) is 12.8 Å². The Kier molecular flexibility index (Phi) is 3.53. The molecule has 110 valence electrons. The van der Waals surface area contributed by atoms with Gasteiger partial charge in [0, 0.05) is 18.2 Å². The second kappa shape index (κ2) is 5.35. The number of carbonyl (C=O) groups is 2. The zero-order valence-corrected chi connectivity index (χ0v) is 12.0. The van der Waals surface area contributed by atoms with Crippen LogP contribution in [0.15, 0.2) is 30.3 Å². The average Bonchev–Trinajstić information content (AvgIpc) is 3.02. The fraction of sp³-hybridized carbons (Fsp3) is 0.412. The predicted molar refractivity (Wildman–Crippen MR) is 79.6 cm³/mol. The molecule has 0 spiro atoms. The monoisotopic (exact) mass is 285 g/mol. The van der Waals surface area contributed by atoms with Gasteiger partial charge in [-0.15, -0.1) is 0 Å². The maximum absolute atomic E-state index is 12.4. The van der Waals surface area contributed by atoms with Gasteiger partial charge in [0.2, 0.25) is 5.91 Å². The van der Waals surface area contributed by atoms with Crippen LogP contribution in [0.25, 0.3) is 6.08 Å². The predicted octanol–water partition coefficient (Wildman–Crippen LogP) is 2.47. The van der Waals surface area contributed by atoms with Gasteiger partial charge in [-0.25, -0.2) is 0 Å². The molecule has 2 aliphatic heterocycles. The highest BCUT2D eigenvalue weighted by atomic mass is 16.4. The molecule has 0 aliphatic carbocycles. The minimum atomic E-state index is -0.775. The van der Waals surface area contributed by atoms with Gasteiger partial charge in [-0.1, -0.05) is 29.8 Å². The van der Waals surface area contributed by atoms with Gasteiger partial charge in [-0.05, 0) is 37.8 Å². The van der Waals surface area contributed by atoms with E-state index in [-0.39, 0.29) is 23.9 Å². The van der Waals surface area contributed by atoms with Crippen LogP contribution in [0.3, 0.4) is 0 Å². The molecule has 1 aromatic rings. The van der Waals surface area contributed by atoms with Crippen molar-refractivity contribution in [3.63, 3.8) is 0 Å². The van der Waals surface area contributed by atoms with Crippen LogP contribution in [0.2, 0.25) is 0 Å². The van der Waals surface area contributed by atoms with Gasteiger partial charge in [0.05, 0.1) is 5.92 Å². The molecule has 0 radical (unpaired) electrons. The Morgan fingerprint density at radius 3 is 2.81 bits per heavy atom. The molecule has 2 bridgehead atoms. The van der Waals surface area contributed by atoms with Crippen molar-refractivity contribution in [1.29, 1.82) is 0 Å². The zero-order valence-electron chi connectivity index (χ0n) is 12.0. The van der Waals surface area contributed by atoms with Crippen molar-refractivity contribution in [2.24, 2.45) is 5.92 Å². The molecule has 0 aromatic heterocycles. The van der Waals surface area contributed by atoms with Crippen molar-refractivity contribution in [3.8, 4) is 0 Å². The smallest absolute Gasteiger partial charge is 0.308 e. The molecule has 4 heteroatoms. The molecule has 2 fully saturated rings. The summed E-state index contributed by atoms with van der Waals surface area (Å²) in [5.74, 6) is -1.23. The number of carbonyl (C=O) groups excluding carboxylic acids is 1. The number of fused-ring (bicyclic) bond motifs is 2. The van der Waals surface area contributed by atoms with Gasteiger partial charge < -0.3 is 10.0 Å². The summed E-state index contributed by atoms with van der Waals surface area (Å²) < 4.78 is 0. The lowest BCUT2D eigenvalue weighted by Gasteiger charge is -2.21. The van der Waals surface area contributed by atoms with Crippen molar-refractivity contribution in [1.82, 2.24) is 4.90 Å². The number of carboxylic acid groups (broad SMARTS) is 1. The molecule has 0 saturated carbocycles. The Balaban J connectivity index is 1.73. The third kappa shape index (κ3) is 2.58. The molecule has 2 aliphatic rings. The molecule has 1 N–H and O–H groups in total. The minimum Gasteiger partial charge on any atom is -0.481 e. The molecule has 1 aromatic carbocycles. The number of hydrogen-bond acceptors (Lipinski definition) is 2. The van der Waals surface area contributed by atoms with E-state index >= 15 is 0 Å². The molecule has 3 rings (SSSR count). The van der Waals surface area contributed by atoms with Crippen LogP contribution in [-0.2, 0) is 9.59 Å². The first-order chi connectivity index (χ1) is 10.1. The van der Waals surface area contributed by atoms with Crippen molar-refractivity contribution in [2.75, 3.05) is 0 Å². The number of aliphatic carboxylic acids is 1. The topological polar surface area (TPSA) is 57.6 Å². The van der Waals surface area contributed by atoms with E-state index in [4.69, 9.17) is 0 Å². The van der Waals surface area contributed by atoms with Gasteiger partial charge >= 0.3 is 5.97 Å². The standard InChI is InChI=1S/C17H19NO3/c1-11-3-2-4-12(9-11)5-8-16(19)18-13-6-7-15(18)14(10-13)17(20)21/h2-5,8-9,13-15H,6-7,10H2,1H3,(H,20,21). The summed E-state index contributed by atoms with van der Waals surface area (Å²) in [5.41, 5.74) is 2.14. The number of aryl methyl sites for hydroxylation is 1. The molecule has 21 heavy (non-hydrogen) atoms. The number of nitrogens with zero attached hydrogens (tertiary/aromatic N) is 1. The summed E-state index contributed by atoms with van der Waals surface area (Å²) in [5, 5.41) is 9.22. The summed E-state index contributed by atoms with van der Waals surface area (Å²) in [6.45, 7) is 2.01. The summed E-state index contributed by atoms with van der Waals surface area (Å²) >= 11 is 0. The van der Waals surface area contributed by atoms with Crippen molar-refractivity contribution < 1.29 is 14.7 Å². The summed E-state index contributed by atoms with van der Waals surface area (Å²) in [6, 6.07) is 7.92. The Hall–Kier alpha value is -2.10. The number of benzene rings is 1. The van der Waals surface area contributed by atoms with Gasteiger partial charge in [-0.2, -0.15) is 0 Å². The number of rotatable bonds is 3. The fourth-order valence-electron chi connectivity index (χ4n) is 3.62. The third-order valence-electron chi connectivity index (χ3n) is 4.57. The lowest BCUT2D eigenvalue weighted by molar-refractivity contribution is -0.143. The first kappa shape index (κ1) is 13.9. The van der Waals surface area contributed by atoms with E-state index in [0.717, 1.165) is 24.0 Å². The van der Waals surface area contributed by atoms with E-state index in [1.807, 2.05) is 37.3 Å². The third-order valence-corrected chi connectivity index (χ3v) is 4.57. The van der Waals surface area contributed by atoms with Gasteiger partial charge in [0.25, 0.3) is 0 Å². The summed E-state index contributed by atoms with van der Waals surface area (Å²) in [6.07, 6.45) is 5.72. The average molecular weight is 285 g/mol. The van der Waals surface area contributed by atoms with Crippen LogP contribution < -0.4 is 0 Å². The Morgan fingerprint density at radius 1 is 1.33 bits per heavy atom. The minimum absolute atomic E-state index is 0.0623. The van der Waals surface area contributed by atoms with Crippen LogP contribution in [0.1, 0.15) is 30.4 Å². The van der Waals surface area contributed by atoms with E-state index in [1.165, 1.54) is 0 Å². The second-order valence-corrected chi connectivity index (χ2v) is 5.97. The molecule has 2 heterocycles. The van der Waals surface area contributed by atoms with Crippen molar-refractivity contribution >= 4 is 18.0 Å².